The number of carbonyl (C=O) groups excluding carboxylic acids is 1. The maximum Gasteiger partial charge on any atom is 0.239 e. The number of aliphatic imine (C=N–C) groups is 1. The van der Waals surface area contributed by atoms with Crippen LogP contribution in [0, 0.1) is 5.41 Å². The second kappa shape index (κ2) is 8.33. The summed E-state index contributed by atoms with van der Waals surface area (Å²) >= 11 is 0. The minimum atomic E-state index is -0.126. The van der Waals surface area contributed by atoms with Crippen molar-refractivity contribution in [2.75, 3.05) is 20.7 Å². The van der Waals surface area contributed by atoms with E-state index in [-0.39, 0.29) is 59.5 Å². The Morgan fingerprint density at radius 1 is 1.36 bits per heavy atom. The van der Waals surface area contributed by atoms with Crippen LogP contribution in [0.1, 0.15) is 41.0 Å². The van der Waals surface area contributed by atoms with E-state index in [4.69, 9.17) is 4.74 Å². The van der Waals surface area contributed by atoms with E-state index in [1.54, 1.807) is 14.2 Å². The average Bonchev–Trinajstić information content (AvgIpc) is 2.40. The SMILES string of the molecule is CN=C(NCC(=O)NC(C)C)NC1CC(C)(OC)C1(C)C.I. The summed E-state index contributed by atoms with van der Waals surface area (Å²) in [5, 5.41) is 9.25. The van der Waals surface area contributed by atoms with E-state index in [9.17, 15) is 4.79 Å². The molecule has 1 amide bonds. The third-order valence-electron chi connectivity index (χ3n) is 4.68. The molecule has 0 bridgehead atoms. The minimum absolute atomic E-state index is 0. The molecule has 0 heterocycles. The van der Waals surface area contributed by atoms with Crippen molar-refractivity contribution >= 4 is 35.8 Å². The lowest BCUT2D eigenvalue weighted by Crippen LogP contribution is -2.69. The van der Waals surface area contributed by atoms with Crippen molar-refractivity contribution in [1.82, 2.24) is 16.0 Å². The Morgan fingerprint density at radius 3 is 2.36 bits per heavy atom. The van der Waals surface area contributed by atoms with Gasteiger partial charge in [0.25, 0.3) is 0 Å². The fraction of sp³-hybridized carbons (Fsp3) is 0.867. The summed E-state index contributed by atoms with van der Waals surface area (Å²) in [5.41, 5.74) is -0.127. The van der Waals surface area contributed by atoms with Crippen LogP contribution in [-0.4, -0.2) is 50.3 Å². The van der Waals surface area contributed by atoms with Crippen LogP contribution in [0.3, 0.4) is 0 Å². The summed E-state index contributed by atoms with van der Waals surface area (Å²) < 4.78 is 5.61. The Kier molecular flexibility index (Phi) is 8.11. The molecule has 7 heteroatoms. The summed E-state index contributed by atoms with van der Waals surface area (Å²) in [5.74, 6) is 0.604. The molecule has 0 radical (unpaired) electrons. The average molecular weight is 426 g/mol. The van der Waals surface area contributed by atoms with Crippen LogP contribution in [0.15, 0.2) is 4.99 Å². The smallest absolute Gasteiger partial charge is 0.239 e. The van der Waals surface area contributed by atoms with E-state index in [2.05, 4.69) is 41.7 Å². The first-order chi connectivity index (χ1) is 9.66. The highest BCUT2D eigenvalue weighted by atomic mass is 127. The van der Waals surface area contributed by atoms with Gasteiger partial charge in [-0.3, -0.25) is 9.79 Å². The number of nitrogens with one attached hydrogen (secondary N) is 3. The zero-order chi connectivity index (χ0) is 16.3. The van der Waals surface area contributed by atoms with Crippen LogP contribution in [0.2, 0.25) is 0 Å². The van der Waals surface area contributed by atoms with Gasteiger partial charge in [0, 0.05) is 31.7 Å². The summed E-state index contributed by atoms with van der Waals surface area (Å²) in [6.45, 7) is 10.6. The van der Waals surface area contributed by atoms with Crippen molar-refractivity contribution in [2.24, 2.45) is 10.4 Å². The van der Waals surface area contributed by atoms with Crippen LogP contribution in [-0.2, 0) is 9.53 Å². The van der Waals surface area contributed by atoms with Crippen LogP contribution in [0.4, 0.5) is 0 Å². The zero-order valence-electron chi connectivity index (χ0n) is 14.7. The molecule has 2 unspecified atom stereocenters. The molecular weight excluding hydrogens is 395 g/mol. The molecule has 1 saturated carbocycles. The number of methoxy groups -OCH3 is 1. The van der Waals surface area contributed by atoms with E-state index < -0.39 is 0 Å². The molecule has 0 aliphatic heterocycles. The van der Waals surface area contributed by atoms with E-state index in [0.717, 1.165) is 6.42 Å². The van der Waals surface area contributed by atoms with Gasteiger partial charge in [0.1, 0.15) is 0 Å². The Hall–Kier alpha value is -0.570. The van der Waals surface area contributed by atoms with E-state index in [1.165, 1.54) is 0 Å². The van der Waals surface area contributed by atoms with Crippen LogP contribution in [0.5, 0.6) is 0 Å². The fourth-order valence-electron chi connectivity index (χ4n) is 2.62. The highest BCUT2D eigenvalue weighted by Crippen LogP contribution is 2.51. The highest BCUT2D eigenvalue weighted by Gasteiger charge is 2.58. The number of halogens is 1. The lowest BCUT2D eigenvalue weighted by molar-refractivity contribution is -0.176. The zero-order valence-corrected chi connectivity index (χ0v) is 17.1. The molecule has 1 aliphatic rings. The Bertz CT molecular complexity index is 412. The highest BCUT2D eigenvalue weighted by molar-refractivity contribution is 14.0. The second-order valence-corrected chi connectivity index (χ2v) is 6.71. The summed E-state index contributed by atoms with van der Waals surface area (Å²) in [4.78, 5) is 15.8. The molecule has 6 nitrogen and oxygen atoms in total. The summed E-state index contributed by atoms with van der Waals surface area (Å²) in [7, 11) is 3.46. The first kappa shape index (κ1) is 21.4. The van der Waals surface area contributed by atoms with Gasteiger partial charge in [-0.15, -0.1) is 24.0 Å². The van der Waals surface area contributed by atoms with Gasteiger partial charge in [0.05, 0.1) is 12.1 Å². The fourth-order valence-corrected chi connectivity index (χ4v) is 2.62. The maximum atomic E-state index is 11.6. The number of ether oxygens (including phenoxy) is 1. The third-order valence-corrected chi connectivity index (χ3v) is 4.68. The Labute approximate surface area is 151 Å². The predicted octanol–water partition coefficient (Wildman–Crippen LogP) is 1.50. The van der Waals surface area contributed by atoms with Gasteiger partial charge < -0.3 is 20.7 Å². The van der Waals surface area contributed by atoms with Crippen molar-refractivity contribution < 1.29 is 9.53 Å². The molecule has 3 N–H and O–H groups in total. The van der Waals surface area contributed by atoms with Gasteiger partial charge in [-0.2, -0.15) is 0 Å². The number of hydrogen-bond donors (Lipinski definition) is 3. The molecule has 0 saturated heterocycles. The van der Waals surface area contributed by atoms with Crippen LogP contribution in [0.25, 0.3) is 0 Å². The molecule has 1 aliphatic carbocycles. The van der Waals surface area contributed by atoms with E-state index in [0.29, 0.717) is 5.96 Å². The Morgan fingerprint density at radius 2 is 1.95 bits per heavy atom. The lowest BCUT2D eigenvalue weighted by Gasteiger charge is -2.59. The first-order valence-corrected chi connectivity index (χ1v) is 7.48. The minimum Gasteiger partial charge on any atom is -0.378 e. The van der Waals surface area contributed by atoms with Crippen molar-refractivity contribution in [1.29, 1.82) is 0 Å². The maximum absolute atomic E-state index is 11.6. The molecule has 0 aromatic heterocycles. The Balaban J connectivity index is 0.00000441. The van der Waals surface area contributed by atoms with Gasteiger partial charge in [-0.1, -0.05) is 13.8 Å². The monoisotopic (exact) mass is 426 g/mol. The molecule has 0 aromatic carbocycles. The standard InChI is InChI=1S/C15H30N4O2.HI/c1-10(2)18-12(20)9-17-13(16-6)19-11-8-15(5,21-7)14(11,3)4;/h10-11H,8-9H2,1-7H3,(H,18,20)(H2,16,17,19);1H. The topological polar surface area (TPSA) is 74.8 Å². The van der Waals surface area contributed by atoms with E-state index >= 15 is 0 Å². The number of guanidine groups is 1. The van der Waals surface area contributed by atoms with Crippen molar-refractivity contribution in [3.63, 3.8) is 0 Å². The quantitative estimate of drug-likeness (QED) is 0.354. The number of nitrogens with zero attached hydrogens (tertiary/aromatic N) is 1. The number of hydrogen-bond acceptors (Lipinski definition) is 3. The molecule has 22 heavy (non-hydrogen) atoms. The van der Waals surface area contributed by atoms with Gasteiger partial charge >= 0.3 is 0 Å². The largest absolute Gasteiger partial charge is 0.378 e. The summed E-state index contributed by atoms with van der Waals surface area (Å²) in [6, 6.07) is 0.407. The molecule has 0 spiro atoms. The van der Waals surface area contributed by atoms with Crippen LogP contribution < -0.4 is 16.0 Å². The van der Waals surface area contributed by atoms with Crippen LogP contribution >= 0.6 is 24.0 Å². The van der Waals surface area contributed by atoms with Crippen molar-refractivity contribution in [2.45, 2.75) is 58.7 Å². The van der Waals surface area contributed by atoms with Crippen molar-refractivity contribution in [3.8, 4) is 0 Å². The van der Waals surface area contributed by atoms with Gasteiger partial charge in [-0.05, 0) is 27.2 Å². The number of rotatable bonds is 5. The summed E-state index contributed by atoms with van der Waals surface area (Å²) in [6.07, 6.45) is 0.912. The molecule has 1 fully saturated rings. The molecule has 2 atom stereocenters. The number of carbonyl (C=O) groups is 1. The lowest BCUT2D eigenvalue weighted by atomic mass is 9.56. The second-order valence-electron chi connectivity index (χ2n) is 6.71. The first-order valence-electron chi connectivity index (χ1n) is 7.48. The van der Waals surface area contributed by atoms with E-state index in [1.807, 2.05) is 13.8 Å². The van der Waals surface area contributed by atoms with Gasteiger partial charge in [0.15, 0.2) is 5.96 Å². The third kappa shape index (κ3) is 4.71. The molecule has 0 aromatic rings. The number of amides is 1. The van der Waals surface area contributed by atoms with Gasteiger partial charge in [-0.25, -0.2) is 0 Å². The molecular formula is C15H31IN4O2. The molecule has 1 rings (SSSR count). The predicted molar refractivity (Wildman–Crippen MR) is 101 cm³/mol. The molecule has 130 valence electrons. The van der Waals surface area contributed by atoms with Crippen molar-refractivity contribution in [3.05, 3.63) is 0 Å². The normalized spacial score (nSPS) is 26.7. The van der Waals surface area contributed by atoms with Gasteiger partial charge in [0.2, 0.25) is 5.91 Å².